The van der Waals surface area contributed by atoms with Crippen molar-refractivity contribution in [3.63, 3.8) is 0 Å². The molecule has 1 heterocycles. The highest BCUT2D eigenvalue weighted by Gasteiger charge is 2.41. The molecular weight excluding hydrogens is 278 g/mol. The highest BCUT2D eigenvalue weighted by Crippen LogP contribution is 2.29. The minimum Gasteiger partial charge on any atom is -0.447 e. The smallest absolute Gasteiger partial charge is 0.416 e. The zero-order chi connectivity index (χ0) is 15.5. The van der Waals surface area contributed by atoms with Crippen LogP contribution in [0.2, 0.25) is 0 Å². The number of amides is 2. The second kappa shape index (κ2) is 6.34. The van der Waals surface area contributed by atoms with Crippen LogP contribution >= 0.6 is 0 Å². The maximum atomic E-state index is 12.8. The maximum absolute atomic E-state index is 12.8. The lowest BCUT2D eigenvalue weighted by atomic mass is 9.83. The van der Waals surface area contributed by atoms with Gasteiger partial charge in [-0.25, -0.2) is 9.69 Å². The van der Waals surface area contributed by atoms with E-state index in [1.165, 1.54) is 4.90 Å². The number of cyclic esters (lactones) is 1. The number of carbonyl (C=O) groups excluding carboxylic acids is 2. The van der Waals surface area contributed by atoms with Crippen LogP contribution in [0.4, 0.5) is 4.79 Å². The fourth-order valence-corrected chi connectivity index (χ4v) is 3.24. The van der Waals surface area contributed by atoms with E-state index >= 15 is 0 Å². The van der Waals surface area contributed by atoms with Crippen LogP contribution in [-0.4, -0.2) is 29.5 Å². The summed E-state index contributed by atoms with van der Waals surface area (Å²) in [6.07, 6.45) is 5.90. The molecule has 3 atom stereocenters. The van der Waals surface area contributed by atoms with Gasteiger partial charge in [0.05, 0.1) is 6.04 Å². The molecule has 0 aromatic heterocycles. The molecule has 3 rings (SSSR count). The van der Waals surface area contributed by atoms with Gasteiger partial charge in [-0.15, -0.1) is 0 Å². The number of hydrogen-bond acceptors (Lipinski definition) is 3. The molecule has 1 aliphatic heterocycles. The van der Waals surface area contributed by atoms with Crippen molar-refractivity contribution in [3.05, 3.63) is 48.0 Å². The molecule has 1 aromatic rings. The van der Waals surface area contributed by atoms with Gasteiger partial charge in [-0.1, -0.05) is 49.4 Å². The molecule has 0 saturated carbocycles. The van der Waals surface area contributed by atoms with Crippen molar-refractivity contribution in [1.29, 1.82) is 0 Å². The molecule has 0 radical (unpaired) electrons. The van der Waals surface area contributed by atoms with Gasteiger partial charge in [-0.2, -0.15) is 0 Å². The van der Waals surface area contributed by atoms with E-state index in [0.29, 0.717) is 12.8 Å². The largest absolute Gasteiger partial charge is 0.447 e. The number of rotatable bonds is 3. The van der Waals surface area contributed by atoms with Crippen LogP contribution < -0.4 is 0 Å². The zero-order valence-corrected chi connectivity index (χ0v) is 12.8. The van der Waals surface area contributed by atoms with E-state index in [4.69, 9.17) is 4.74 Å². The standard InChI is InChI=1S/C18H21NO3/c1-13-7-5-6-10-16(13)17(20)19-15(12-22-18(19)21)11-14-8-3-2-4-9-14/h2-6,8-9,13,15-16H,7,10-12H2,1H3/t13-,15-,16-/m0/s1. The van der Waals surface area contributed by atoms with Crippen LogP contribution in [0.3, 0.4) is 0 Å². The average molecular weight is 299 g/mol. The molecule has 2 amide bonds. The first-order valence-electron chi connectivity index (χ1n) is 7.85. The number of imide groups is 1. The summed E-state index contributed by atoms with van der Waals surface area (Å²) in [7, 11) is 0. The molecule has 4 nitrogen and oxygen atoms in total. The van der Waals surface area contributed by atoms with Crippen molar-refractivity contribution in [2.75, 3.05) is 6.61 Å². The van der Waals surface area contributed by atoms with E-state index in [1.54, 1.807) is 0 Å². The predicted molar refractivity (Wildman–Crippen MR) is 83.2 cm³/mol. The number of nitrogens with zero attached hydrogens (tertiary/aromatic N) is 1. The first kappa shape index (κ1) is 14.8. The Labute approximate surface area is 130 Å². The van der Waals surface area contributed by atoms with Gasteiger partial charge in [0.2, 0.25) is 5.91 Å². The third-order valence-corrected chi connectivity index (χ3v) is 4.58. The van der Waals surface area contributed by atoms with E-state index in [2.05, 4.69) is 13.0 Å². The summed E-state index contributed by atoms with van der Waals surface area (Å²) in [5.74, 6) is 0.0671. The minimum absolute atomic E-state index is 0.0831. The molecule has 116 valence electrons. The Morgan fingerprint density at radius 3 is 2.68 bits per heavy atom. The summed E-state index contributed by atoms with van der Waals surface area (Å²) >= 11 is 0. The van der Waals surface area contributed by atoms with Crippen molar-refractivity contribution < 1.29 is 14.3 Å². The molecule has 1 saturated heterocycles. The summed E-state index contributed by atoms with van der Waals surface area (Å²) in [5, 5.41) is 0. The van der Waals surface area contributed by atoms with Crippen molar-refractivity contribution in [2.45, 2.75) is 32.2 Å². The molecule has 1 aliphatic carbocycles. The lowest BCUT2D eigenvalue weighted by Crippen LogP contribution is -2.45. The monoisotopic (exact) mass is 299 g/mol. The average Bonchev–Trinajstić information content (AvgIpc) is 2.89. The second-order valence-corrected chi connectivity index (χ2v) is 6.16. The number of carbonyl (C=O) groups is 2. The van der Waals surface area contributed by atoms with Crippen LogP contribution in [-0.2, 0) is 16.0 Å². The number of hydrogen-bond donors (Lipinski definition) is 0. The van der Waals surface area contributed by atoms with Crippen molar-refractivity contribution in [1.82, 2.24) is 4.90 Å². The van der Waals surface area contributed by atoms with E-state index in [-0.39, 0.29) is 30.4 Å². The maximum Gasteiger partial charge on any atom is 0.416 e. The molecule has 4 heteroatoms. The van der Waals surface area contributed by atoms with Crippen molar-refractivity contribution in [2.24, 2.45) is 11.8 Å². The first-order chi connectivity index (χ1) is 10.7. The Morgan fingerprint density at radius 1 is 1.23 bits per heavy atom. The lowest BCUT2D eigenvalue weighted by Gasteiger charge is -2.29. The summed E-state index contributed by atoms with van der Waals surface area (Å²) in [6, 6.07) is 9.72. The molecule has 0 N–H and O–H groups in total. The normalized spacial score (nSPS) is 27.8. The molecule has 1 aromatic carbocycles. The van der Waals surface area contributed by atoms with Crippen LogP contribution in [0.15, 0.2) is 42.5 Å². The lowest BCUT2D eigenvalue weighted by molar-refractivity contribution is -0.135. The summed E-state index contributed by atoms with van der Waals surface area (Å²) in [4.78, 5) is 26.2. The highest BCUT2D eigenvalue weighted by molar-refractivity contribution is 5.95. The molecule has 0 unspecified atom stereocenters. The third kappa shape index (κ3) is 2.91. The van der Waals surface area contributed by atoms with Crippen molar-refractivity contribution in [3.8, 4) is 0 Å². The van der Waals surface area contributed by atoms with Crippen LogP contribution in [0.1, 0.15) is 25.3 Å². The number of benzene rings is 1. The van der Waals surface area contributed by atoms with Gasteiger partial charge < -0.3 is 4.74 Å². The van der Waals surface area contributed by atoms with Gasteiger partial charge in [-0.3, -0.25) is 4.79 Å². The first-order valence-corrected chi connectivity index (χ1v) is 7.85. The van der Waals surface area contributed by atoms with E-state index < -0.39 is 6.09 Å². The van der Waals surface area contributed by atoms with Gasteiger partial charge in [0.15, 0.2) is 0 Å². The van der Waals surface area contributed by atoms with Gasteiger partial charge in [0, 0.05) is 5.92 Å². The summed E-state index contributed by atoms with van der Waals surface area (Å²) in [5.41, 5.74) is 1.11. The van der Waals surface area contributed by atoms with Crippen LogP contribution in [0.5, 0.6) is 0 Å². The molecule has 22 heavy (non-hydrogen) atoms. The van der Waals surface area contributed by atoms with Crippen LogP contribution in [0.25, 0.3) is 0 Å². The minimum atomic E-state index is -0.493. The van der Waals surface area contributed by atoms with E-state index in [0.717, 1.165) is 12.0 Å². The molecule has 0 spiro atoms. The Morgan fingerprint density at radius 2 is 1.95 bits per heavy atom. The third-order valence-electron chi connectivity index (χ3n) is 4.58. The van der Waals surface area contributed by atoms with E-state index in [9.17, 15) is 9.59 Å². The fraction of sp³-hybridized carbons (Fsp3) is 0.444. The van der Waals surface area contributed by atoms with Gasteiger partial charge in [0.25, 0.3) is 0 Å². The Bertz CT molecular complexity index is 581. The molecular formula is C18H21NO3. The summed E-state index contributed by atoms with van der Waals surface area (Å²) < 4.78 is 5.15. The SMILES string of the molecule is C[C@H]1CC=CC[C@@H]1C(=O)N1C(=O)OC[C@@H]1Cc1ccccc1. The molecule has 2 aliphatic rings. The Kier molecular flexibility index (Phi) is 4.27. The molecule has 0 bridgehead atoms. The molecule has 1 fully saturated rings. The zero-order valence-electron chi connectivity index (χ0n) is 12.8. The number of ether oxygens (including phenoxy) is 1. The quantitative estimate of drug-likeness (QED) is 0.805. The second-order valence-electron chi connectivity index (χ2n) is 6.16. The van der Waals surface area contributed by atoms with Crippen LogP contribution in [0, 0.1) is 11.8 Å². The Hall–Kier alpha value is -2.10. The van der Waals surface area contributed by atoms with Gasteiger partial charge in [0.1, 0.15) is 6.61 Å². The topological polar surface area (TPSA) is 46.6 Å². The van der Waals surface area contributed by atoms with Gasteiger partial charge in [-0.05, 0) is 30.7 Å². The highest BCUT2D eigenvalue weighted by atomic mass is 16.6. The number of allylic oxidation sites excluding steroid dienone is 2. The fourth-order valence-electron chi connectivity index (χ4n) is 3.24. The van der Waals surface area contributed by atoms with Crippen molar-refractivity contribution >= 4 is 12.0 Å². The van der Waals surface area contributed by atoms with E-state index in [1.807, 2.05) is 36.4 Å². The summed E-state index contributed by atoms with van der Waals surface area (Å²) in [6.45, 7) is 2.36. The van der Waals surface area contributed by atoms with Gasteiger partial charge >= 0.3 is 6.09 Å². The predicted octanol–water partition coefficient (Wildman–Crippen LogP) is 3.18. The Balaban J connectivity index is 1.76.